The second-order valence-corrected chi connectivity index (χ2v) is 7.87. The Morgan fingerprint density at radius 3 is 2.76 bits per heavy atom. The van der Waals surface area contributed by atoms with Crippen LogP contribution in [-0.2, 0) is 29.1 Å². The molecule has 2 aromatic carbocycles. The number of fused-ring (bicyclic) bond motifs is 1. The van der Waals surface area contributed by atoms with Crippen molar-refractivity contribution in [3.8, 4) is 16.2 Å². The molecule has 0 aliphatic carbocycles. The van der Waals surface area contributed by atoms with E-state index in [2.05, 4.69) is 5.32 Å². The molecule has 0 atom stereocenters. The molecule has 4 nitrogen and oxygen atoms in total. The van der Waals surface area contributed by atoms with Crippen molar-refractivity contribution in [2.45, 2.75) is 26.0 Å². The molecule has 3 aromatic rings. The van der Waals surface area contributed by atoms with Crippen molar-refractivity contribution in [2.75, 3.05) is 6.79 Å². The van der Waals surface area contributed by atoms with Gasteiger partial charge >= 0.3 is 0 Å². The fourth-order valence-corrected chi connectivity index (χ4v) is 4.17. The summed E-state index contributed by atoms with van der Waals surface area (Å²) in [6.45, 7) is 1.12. The third-order valence-corrected chi connectivity index (χ3v) is 5.80. The van der Waals surface area contributed by atoms with Crippen LogP contribution >= 0.6 is 11.3 Å². The third kappa shape index (κ3) is 4.81. The van der Waals surface area contributed by atoms with Crippen LogP contribution in [0, 0.1) is 11.6 Å². The largest absolute Gasteiger partial charge is 0.467 e. The maximum atomic E-state index is 13.4. The molecule has 0 bridgehead atoms. The molecule has 0 spiro atoms. The Morgan fingerprint density at radius 1 is 1.10 bits per heavy atom. The number of thiophene rings is 1. The van der Waals surface area contributed by atoms with E-state index in [1.165, 1.54) is 23.5 Å². The maximum absolute atomic E-state index is 13.4. The first kappa shape index (κ1) is 19.5. The quantitative estimate of drug-likeness (QED) is 0.629. The van der Waals surface area contributed by atoms with Crippen LogP contribution < -0.4 is 10.1 Å². The summed E-state index contributed by atoms with van der Waals surface area (Å²) in [6.07, 6.45) is 0.948. The highest BCUT2D eigenvalue weighted by Crippen LogP contribution is 2.30. The Labute approximate surface area is 171 Å². The third-order valence-electron chi connectivity index (χ3n) is 4.66. The van der Waals surface area contributed by atoms with Gasteiger partial charge in [0.1, 0.15) is 17.4 Å². The van der Waals surface area contributed by atoms with Crippen molar-refractivity contribution >= 4 is 17.2 Å². The first-order chi connectivity index (χ1) is 14.1. The van der Waals surface area contributed by atoms with Gasteiger partial charge in [-0.3, -0.25) is 4.79 Å². The van der Waals surface area contributed by atoms with Crippen molar-refractivity contribution in [3.63, 3.8) is 0 Å². The predicted molar refractivity (Wildman–Crippen MR) is 107 cm³/mol. The van der Waals surface area contributed by atoms with Gasteiger partial charge in [-0.15, -0.1) is 11.3 Å². The number of hydrogen-bond donors (Lipinski definition) is 1. The number of benzene rings is 2. The van der Waals surface area contributed by atoms with E-state index in [0.29, 0.717) is 31.6 Å². The van der Waals surface area contributed by atoms with Crippen molar-refractivity contribution < 1.29 is 23.0 Å². The molecule has 1 aromatic heterocycles. The molecule has 0 fully saturated rings. The average Bonchev–Trinajstić information content (AvgIpc) is 3.19. The lowest BCUT2D eigenvalue weighted by Gasteiger charge is -2.20. The topological polar surface area (TPSA) is 47.6 Å². The number of aryl methyl sites for hydroxylation is 1. The summed E-state index contributed by atoms with van der Waals surface area (Å²) in [7, 11) is 0. The van der Waals surface area contributed by atoms with Crippen LogP contribution in [0.5, 0.6) is 5.75 Å². The van der Waals surface area contributed by atoms with Gasteiger partial charge in [-0.05, 0) is 47.9 Å². The van der Waals surface area contributed by atoms with Gasteiger partial charge in [0, 0.05) is 27.8 Å². The van der Waals surface area contributed by atoms with E-state index in [1.54, 1.807) is 6.07 Å². The number of nitrogens with one attached hydrogen (secondary N) is 1. The Kier molecular flexibility index (Phi) is 5.87. The zero-order chi connectivity index (χ0) is 20.2. The summed E-state index contributed by atoms with van der Waals surface area (Å²) >= 11 is 1.40. The molecule has 0 saturated heterocycles. The van der Waals surface area contributed by atoms with E-state index in [9.17, 15) is 13.6 Å². The minimum atomic E-state index is -0.609. The van der Waals surface area contributed by atoms with Crippen LogP contribution in [-0.4, -0.2) is 12.7 Å². The molecular formula is C22H19F2NO3S. The van der Waals surface area contributed by atoms with Gasteiger partial charge in [0.2, 0.25) is 5.91 Å². The number of amides is 1. The molecule has 2 heterocycles. The van der Waals surface area contributed by atoms with Gasteiger partial charge in [-0.2, -0.15) is 0 Å². The van der Waals surface area contributed by atoms with Gasteiger partial charge in [0.15, 0.2) is 6.79 Å². The predicted octanol–water partition coefficient (Wildman–Crippen LogP) is 4.81. The van der Waals surface area contributed by atoms with Crippen LogP contribution in [0.25, 0.3) is 10.4 Å². The minimum Gasteiger partial charge on any atom is -0.467 e. The van der Waals surface area contributed by atoms with Crippen LogP contribution in [0.15, 0.2) is 48.5 Å². The zero-order valence-electron chi connectivity index (χ0n) is 15.5. The highest BCUT2D eigenvalue weighted by atomic mass is 32.1. The lowest BCUT2D eigenvalue weighted by molar-refractivity contribution is -0.121. The monoisotopic (exact) mass is 415 g/mol. The van der Waals surface area contributed by atoms with Gasteiger partial charge < -0.3 is 14.8 Å². The summed E-state index contributed by atoms with van der Waals surface area (Å²) in [5, 5.41) is 2.90. The highest BCUT2D eigenvalue weighted by molar-refractivity contribution is 7.15. The van der Waals surface area contributed by atoms with Crippen LogP contribution in [0.4, 0.5) is 8.78 Å². The molecule has 0 saturated carbocycles. The van der Waals surface area contributed by atoms with Crippen molar-refractivity contribution in [3.05, 3.63) is 76.2 Å². The molecule has 150 valence electrons. The maximum Gasteiger partial charge on any atom is 0.220 e. The zero-order valence-corrected chi connectivity index (χ0v) is 16.4. The number of carbonyl (C=O) groups is 1. The normalized spacial score (nSPS) is 12.9. The van der Waals surface area contributed by atoms with Crippen LogP contribution in [0.3, 0.4) is 0 Å². The first-order valence-electron chi connectivity index (χ1n) is 9.22. The van der Waals surface area contributed by atoms with E-state index in [0.717, 1.165) is 32.7 Å². The number of ether oxygens (including phenoxy) is 2. The van der Waals surface area contributed by atoms with Gasteiger partial charge in [0.05, 0.1) is 13.2 Å². The number of rotatable bonds is 6. The van der Waals surface area contributed by atoms with Crippen molar-refractivity contribution in [1.29, 1.82) is 0 Å². The molecule has 4 rings (SSSR count). The number of carbonyl (C=O) groups excluding carboxylic acids is 1. The Morgan fingerprint density at radius 2 is 1.93 bits per heavy atom. The highest BCUT2D eigenvalue weighted by Gasteiger charge is 2.15. The van der Waals surface area contributed by atoms with Crippen molar-refractivity contribution in [2.24, 2.45) is 0 Å². The molecule has 1 aliphatic rings. The molecule has 29 heavy (non-hydrogen) atoms. The summed E-state index contributed by atoms with van der Waals surface area (Å²) in [5.41, 5.74) is 2.53. The Balaban J connectivity index is 1.32. The molecule has 0 unspecified atom stereocenters. The fourth-order valence-electron chi connectivity index (χ4n) is 3.24. The SMILES string of the molecule is O=C(CCc1cccc2c1COCO2)NCc1ccc(-c2cc(F)cc(F)c2)s1. The molecule has 1 amide bonds. The Bertz CT molecular complexity index is 1010. The fraction of sp³-hybridized carbons (Fsp3) is 0.227. The lowest BCUT2D eigenvalue weighted by Crippen LogP contribution is -2.23. The van der Waals surface area contributed by atoms with Crippen molar-refractivity contribution in [1.82, 2.24) is 5.32 Å². The molecular weight excluding hydrogens is 396 g/mol. The summed E-state index contributed by atoms with van der Waals surface area (Å²) in [6, 6.07) is 12.9. The van der Waals surface area contributed by atoms with E-state index in [1.807, 2.05) is 24.3 Å². The average molecular weight is 415 g/mol. The van der Waals surface area contributed by atoms with Crippen LogP contribution in [0.2, 0.25) is 0 Å². The summed E-state index contributed by atoms with van der Waals surface area (Å²) in [5.74, 6) is -0.467. The molecule has 1 N–H and O–H groups in total. The van der Waals surface area contributed by atoms with Gasteiger partial charge in [0.25, 0.3) is 0 Å². The smallest absolute Gasteiger partial charge is 0.220 e. The van der Waals surface area contributed by atoms with Gasteiger partial charge in [-0.1, -0.05) is 12.1 Å². The second kappa shape index (κ2) is 8.71. The summed E-state index contributed by atoms with van der Waals surface area (Å²) < 4.78 is 37.6. The molecule has 1 aliphatic heterocycles. The number of halogens is 2. The van der Waals surface area contributed by atoms with E-state index < -0.39 is 11.6 Å². The lowest BCUT2D eigenvalue weighted by atomic mass is 10.0. The number of hydrogen-bond acceptors (Lipinski definition) is 4. The molecule has 0 radical (unpaired) electrons. The van der Waals surface area contributed by atoms with Crippen LogP contribution in [0.1, 0.15) is 22.4 Å². The van der Waals surface area contributed by atoms with E-state index in [4.69, 9.17) is 9.47 Å². The van der Waals surface area contributed by atoms with E-state index >= 15 is 0 Å². The van der Waals surface area contributed by atoms with Gasteiger partial charge in [-0.25, -0.2) is 8.78 Å². The Hall–Kier alpha value is -2.77. The summed E-state index contributed by atoms with van der Waals surface area (Å²) in [4.78, 5) is 13.9. The molecule has 7 heteroatoms. The standard InChI is InChI=1S/C22H19F2NO3S/c23-16-8-15(9-17(24)10-16)21-6-5-18(29-21)11-25-22(26)7-4-14-2-1-3-20-19(14)12-27-13-28-20/h1-3,5-6,8-10H,4,7,11-13H2,(H,25,26). The first-order valence-corrected chi connectivity index (χ1v) is 10.0. The second-order valence-electron chi connectivity index (χ2n) is 6.71. The minimum absolute atomic E-state index is 0.0630. The van der Waals surface area contributed by atoms with E-state index in [-0.39, 0.29) is 12.7 Å².